The first-order valence-corrected chi connectivity index (χ1v) is 14.7. The van der Waals surface area contributed by atoms with Crippen LogP contribution in [0.3, 0.4) is 0 Å². The average Bonchev–Trinajstić information content (AvgIpc) is 3.52. The summed E-state index contributed by atoms with van der Waals surface area (Å²) >= 11 is 0. The van der Waals surface area contributed by atoms with Crippen molar-refractivity contribution in [2.75, 3.05) is 13.7 Å². The number of methoxy groups -OCH3 is 1. The second-order valence-electron chi connectivity index (χ2n) is 12.8. The Kier molecular flexibility index (Phi) is 8.52. The van der Waals surface area contributed by atoms with Crippen LogP contribution >= 0.6 is 0 Å². The maximum Gasteiger partial charge on any atom is 0.416 e. The molecule has 3 aliphatic rings. The Morgan fingerprint density at radius 1 is 1.09 bits per heavy atom. The number of nitrogens with zero attached hydrogens (tertiary/aromatic N) is 2. The van der Waals surface area contributed by atoms with Gasteiger partial charge in [0.05, 0.1) is 24.3 Å². The number of benzene rings is 2. The molecule has 3 atom stereocenters. The molecule has 47 heavy (non-hydrogen) atoms. The van der Waals surface area contributed by atoms with E-state index in [1.54, 1.807) is 25.1 Å². The van der Waals surface area contributed by atoms with Crippen LogP contribution in [0.1, 0.15) is 80.9 Å². The van der Waals surface area contributed by atoms with Crippen LogP contribution in [0.15, 0.2) is 47.0 Å². The van der Waals surface area contributed by atoms with Gasteiger partial charge in [0.15, 0.2) is 5.66 Å². The number of hydrogen-bond donors (Lipinski definition) is 2. The molecule has 254 valence electrons. The highest BCUT2D eigenvalue weighted by atomic mass is 19.4. The molecule has 0 saturated carbocycles. The van der Waals surface area contributed by atoms with E-state index in [1.165, 1.54) is 18.9 Å². The first-order chi connectivity index (χ1) is 21.7. The van der Waals surface area contributed by atoms with Crippen LogP contribution < -0.4 is 10.2 Å². The van der Waals surface area contributed by atoms with E-state index in [2.05, 4.69) is 24.3 Å². The van der Waals surface area contributed by atoms with Gasteiger partial charge in [0, 0.05) is 12.1 Å². The molecule has 1 fully saturated rings. The Labute approximate surface area is 266 Å². The van der Waals surface area contributed by atoms with E-state index < -0.39 is 64.8 Å². The molecule has 1 saturated heterocycles. The lowest BCUT2D eigenvalue weighted by molar-refractivity contribution is -0.143. The number of carboxylic acid groups (broad SMARTS) is 1. The molecule has 0 bridgehead atoms. The van der Waals surface area contributed by atoms with Gasteiger partial charge in [-0.05, 0) is 91.1 Å². The minimum atomic E-state index is -5.06. The molecule has 2 aliphatic heterocycles. The summed E-state index contributed by atoms with van der Waals surface area (Å²) < 4.78 is 92.6. The predicted molar refractivity (Wildman–Crippen MR) is 156 cm³/mol. The number of aliphatic carboxylic acids is 1. The Morgan fingerprint density at radius 2 is 1.72 bits per heavy atom. The van der Waals surface area contributed by atoms with Gasteiger partial charge in [-0.2, -0.15) is 26.3 Å². The lowest BCUT2D eigenvalue weighted by Crippen LogP contribution is -2.36. The Bertz CT molecular complexity index is 1640. The Balaban J connectivity index is 1.54. The monoisotopic (exact) mass is 669 g/mol. The van der Waals surface area contributed by atoms with Crippen LogP contribution in [0.5, 0.6) is 5.75 Å². The molecular formula is C32H33F6N3O6. The average molecular weight is 670 g/mol. The lowest BCUT2D eigenvalue weighted by atomic mass is 9.72. The summed E-state index contributed by atoms with van der Waals surface area (Å²) in [5.74, 6) is -1.37. The van der Waals surface area contributed by atoms with Crippen molar-refractivity contribution in [2.24, 2.45) is 10.4 Å². The number of carbonyl (C=O) groups excluding carboxylic acids is 1. The van der Waals surface area contributed by atoms with Gasteiger partial charge >= 0.3 is 30.3 Å². The van der Waals surface area contributed by atoms with Crippen LogP contribution in [0.25, 0.3) is 5.57 Å². The minimum Gasteiger partial charge on any atom is -0.496 e. The van der Waals surface area contributed by atoms with Crippen molar-refractivity contribution < 1.29 is 55.3 Å². The third-order valence-corrected chi connectivity index (χ3v) is 8.80. The van der Waals surface area contributed by atoms with Crippen molar-refractivity contribution in [3.8, 4) is 5.75 Å². The van der Waals surface area contributed by atoms with Crippen LogP contribution in [0.2, 0.25) is 0 Å². The number of hydrogen-bond acceptors (Lipinski definition) is 7. The van der Waals surface area contributed by atoms with Gasteiger partial charge in [0.1, 0.15) is 11.9 Å². The highest BCUT2D eigenvalue weighted by molar-refractivity contribution is 6.32. The molecule has 0 spiro atoms. The van der Waals surface area contributed by atoms with Crippen LogP contribution in [0, 0.1) is 5.41 Å². The smallest absolute Gasteiger partial charge is 0.416 e. The fraction of sp³-hybridized carbons (Fsp3) is 0.469. The predicted octanol–water partition coefficient (Wildman–Crippen LogP) is 7.47. The van der Waals surface area contributed by atoms with Crippen LogP contribution in [-0.4, -0.2) is 47.7 Å². The van der Waals surface area contributed by atoms with E-state index in [-0.39, 0.29) is 18.0 Å². The molecule has 2 aromatic rings. The van der Waals surface area contributed by atoms with Crippen molar-refractivity contribution >= 4 is 23.5 Å². The number of amides is 1. The number of hydroxylamine groups is 1. The van der Waals surface area contributed by atoms with Gasteiger partial charge in [0.2, 0.25) is 0 Å². The number of carbonyl (C=O) groups is 2. The molecule has 15 heteroatoms. The molecule has 1 amide bonds. The zero-order valence-electron chi connectivity index (χ0n) is 26.1. The van der Waals surface area contributed by atoms with Gasteiger partial charge in [-0.3, -0.25) is 4.90 Å². The van der Waals surface area contributed by atoms with Crippen molar-refractivity contribution in [3.63, 3.8) is 0 Å². The van der Waals surface area contributed by atoms with Gasteiger partial charge in [-0.25, -0.2) is 14.6 Å². The fourth-order valence-electron chi connectivity index (χ4n) is 6.26. The van der Waals surface area contributed by atoms with Gasteiger partial charge in [-0.15, -0.1) is 5.48 Å². The maximum absolute atomic E-state index is 13.6. The molecular weight excluding hydrogens is 636 g/mol. The number of cyclic esters (lactones) is 1. The zero-order valence-corrected chi connectivity index (χ0v) is 26.1. The number of aliphatic imine (C=N–C) groups is 1. The van der Waals surface area contributed by atoms with Crippen molar-refractivity contribution in [1.82, 2.24) is 10.4 Å². The summed E-state index contributed by atoms with van der Waals surface area (Å²) in [5, 5.41) is 9.32. The van der Waals surface area contributed by atoms with Crippen molar-refractivity contribution in [1.29, 1.82) is 0 Å². The number of ether oxygens (including phenoxy) is 2. The molecule has 2 aromatic carbocycles. The highest BCUT2D eigenvalue weighted by Crippen LogP contribution is 2.47. The SMILES string of the molecule is COc1ccc(C2(C)N=C(C(=O)O)ON2)cc1C1=C(CN2C(=O)O[C@H](c3cc(C(F)(F)F)cc(C(F)(F)F)c3)[C@@H]2C)CC(C)(C)CC1. The van der Waals surface area contributed by atoms with E-state index in [0.717, 1.165) is 17.6 Å². The largest absolute Gasteiger partial charge is 0.496 e. The lowest BCUT2D eigenvalue weighted by Gasteiger charge is -2.36. The number of carboxylic acids is 1. The molecule has 0 radical (unpaired) electrons. The summed E-state index contributed by atoms with van der Waals surface area (Å²) in [6.07, 6.45) is -10.6. The zero-order chi connectivity index (χ0) is 34.7. The van der Waals surface area contributed by atoms with Crippen molar-refractivity contribution in [3.05, 3.63) is 69.8 Å². The second kappa shape index (κ2) is 11.8. The van der Waals surface area contributed by atoms with E-state index >= 15 is 0 Å². The number of nitrogens with one attached hydrogen (secondary N) is 1. The van der Waals surface area contributed by atoms with Crippen molar-refractivity contribution in [2.45, 2.75) is 77.1 Å². The summed E-state index contributed by atoms with van der Waals surface area (Å²) in [7, 11) is 1.49. The molecule has 1 unspecified atom stereocenters. The van der Waals surface area contributed by atoms with E-state index in [1.807, 2.05) is 0 Å². The molecule has 2 heterocycles. The quantitative estimate of drug-likeness (QED) is 0.295. The standard InChI is InChI=1S/C32H33F6N3O6/c1-16-25(17-10-20(31(33,34)35)12-21(11-17)32(36,37)38)46-28(44)41(16)15-18-14-29(2,3)9-8-22(18)23-13-19(6-7-24(23)45-5)30(4)39-26(27(42)43)47-40-30/h6-7,10-13,16,25,40H,8-9,14-15H2,1-5H3,(H,42,43)/t16-,25-,30?/m0/s1. The van der Waals surface area contributed by atoms with Gasteiger partial charge < -0.3 is 19.4 Å². The fourth-order valence-corrected chi connectivity index (χ4v) is 6.26. The maximum atomic E-state index is 13.6. The number of halogens is 6. The summed E-state index contributed by atoms with van der Waals surface area (Å²) in [6.45, 7) is 7.25. The number of rotatable bonds is 7. The summed E-state index contributed by atoms with van der Waals surface area (Å²) in [4.78, 5) is 35.2. The van der Waals surface area contributed by atoms with Crippen LogP contribution in [-0.2, 0) is 32.4 Å². The van der Waals surface area contributed by atoms with Gasteiger partial charge in [0.25, 0.3) is 0 Å². The number of alkyl halides is 6. The van der Waals surface area contributed by atoms with E-state index in [0.29, 0.717) is 41.9 Å². The number of allylic oxidation sites excluding steroid dienone is 1. The molecule has 1 aliphatic carbocycles. The van der Waals surface area contributed by atoms with Gasteiger partial charge in [-0.1, -0.05) is 19.9 Å². The molecule has 9 nitrogen and oxygen atoms in total. The highest BCUT2D eigenvalue weighted by Gasteiger charge is 2.44. The third kappa shape index (κ3) is 6.76. The first-order valence-electron chi connectivity index (χ1n) is 14.7. The van der Waals surface area contributed by atoms with E-state index in [9.17, 15) is 41.0 Å². The Morgan fingerprint density at radius 3 is 2.28 bits per heavy atom. The molecule has 0 aromatic heterocycles. The third-order valence-electron chi connectivity index (χ3n) is 8.80. The summed E-state index contributed by atoms with van der Waals surface area (Å²) in [6, 6.07) is 5.47. The topological polar surface area (TPSA) is 110 Å². The Hall–Kier alpha value is -4.27. The minimum absolute atomic E-state index is 0.00627. The first kappa shape index (κ1) is 34.1. The van der Waals surface area contributed by atoms with Crippen LogP contribution in [0.4, 0.5) is 31.1 Å². The molecule has 2 N–H and O–H groups in total. The van der Waals surface area contributed by atoms with E-state index in [4.69, 9.17) is 14.3 Å². The normalized spacial score (nSPS) is 24.6. The second-order valence-corrected chi connectivity index (χ2v) is 12.8. The summed E-state index contributed by atoms with van der Waals surface area (Å²) in [5.41, 5.74) is 0.629. The molecule has 5 rings (SSSR count).